The number of hydrogen-bond acceptors (Lipinski definition) is 4. The van der Waals surface area contributed by atoms with Crippen molar-refractivity contribution in [3.05, 3.63) is 29.3 Å². The van der Waals surface area contributed by atoms with Crippen molar-refractivity contribution in [1.29, 1.82) is 0 Å². The lowest BCUT2D eigenvalue weighted by atomic mass is 10.3. The van der Waals surface area contributed by atoms with E-state index in [1.165, 1.54) is 4.90 Å². The zero-order valence-electron chi connectivity index (χ0n) is 10.3. The summed E-state index contributed by atoms with van der Waals surface area (Å²) < 4.78 is 0. The number of amides is 1. The van der Waals surface area contributed by atoms with Crippen molar-refractivity contribution in [3.63, 3.8) is 0 Å². The molecule has 2 atom stereocenters. The second kappa shape index (κ2) is 6.61. The molecule has 0 spiro atoms. The van der Waals surface area contributed by atoms with E-state index in [4.69, 9.17) is 11.6 Å². The number of carbonyl (C=O) groups excluding carboxylic acids is 1. The Morgan fingerprint density at radius 2 is 1.84 bits per heavy atom. The van der Waals surface area contributed by atoms with E-state index in [1.54, 1.807) is 11.8 Å². The average molecular weight is 302 g/mol. The van der Waals surface area contributed by atoms with Gasteiger partial charge in [-0.15, -0.1) is 11.8 Å². The summed E-state index contributed by atoms with van der Waals surface area (Å²) in [7, 11) is 0. The van der Waals surface area contributed by atoms with E-state index in [0.717, 1.165) is 4.90 Å². The van der Waals surface area contributed by atoms with E-state index < -0.39 is 12.2 Å². The number of nitrogens with zero attached hydrogens (tertiary/aromatic N) is 1. The van der Waals surface area contributed by atoms with Crippen molar-refractivity contribution in [3.8, 4) is 0 Å². The predicted molar refractivity (Wildman–Crippen MR) is 75.4 cm³/mol. The van der Waals surface area contributed by atoms with Crippen LogP contribution in [0.2, 0.25) is 5.02 Å². The van der Waals surface area contributed by atoms with Crippen molar-refractivity contribution in [2.45, 2.75) is 23.5 Å². The number of rotatable bonds is 4. The molecule has 1 saturated heterocycles. The lowest BCUT2D eigenvalue weighted by Gasteiger charge is -2.14. The van der Waals surface area contributed by atoms with E-state index in [2.05, 4.69) is 0 Å². The first-order valence-electron chi connectivity index (χ1n) is 6.08. The largest absolute Gasteiger partial charge is 0.388 e. The Balaban J connectivity index is 1.74. The smallest absolute Gasteiger partial charge is 0.223 e. The van der Waals surface area contributed by atoms with Crippen LogP contribution in [0, 0.1) is 0 Å². The SMILES string of the molecule is O=C(CCSc1ccc(Cl)cc1)N1C[C@@H](O)[C@@H](O)C1. The summed E-state index contributed by atoms with van der Waals surface area (Å²) in [6.45, 7) is 0.456. The molecular weight excluding hydrogens is 286 g/mol. The van der Waals surface area contributed by atoms with Crippen molar-refractivity contribution in [1.82, 2.24) is 4.90 Å². The Morgan fingerprint density at radius 1 is 1.26 bits per heavy atom. The monoisotopic (exact) mass is 301 g/mol. The van der Waals surface area contributed by atoms with Crippen LogP contribution in [-0.2, 0) is 4.79 Å². The van der Waals surface area contributed by atoms with Gasteiger partial charge in [-0.2, -0.15) is 0 Å². The van der Waals surface area contributed by atoms with Gasteiger partial charge in [-0.25, -0.2) is 0 Å². The third-order valence-corrected chi connectivity index (χ3v) is 4.28. The third-order valence-electron chi connectivity index (χ3n) is 3.01. The molecule has 1 aromatic carbocycles. The maximum absolute atomic E-state index is 11.9. The Morgan fingerprint density at radius 3 is 2.42 bits per heavy atom. The number of carbonyl (C=O) groups is 1. The molecule has 2 N–H and O–H groups in total. The Labute approximate surface area is 121 Å². The van der Waals surface area contributed by atoms with Crippen LogP contribution >= 0.6 is 23.4 Å². The minimum Gasteiger partial charge on any atom is -0.388 e. The number of aliphatic hydroxyl groups is 2. The summed E-state index contributed by atoms with van der Waals surface area (Å²) in [4.78, 5) is 14.4. The van der Waals surface area contributed by atoms with Gasteiger partial charge in [0, 0.05) is 35.2 Å². The van der Waals surface area contributed by atoms with Gasteiger partial charge in [-0.05, 0) is 24.3 Å². The van der Waals surface area contributed by atoms with Crippen LogP contribution in [0.15, 0.2) is 29.2 Å². The van der Waals surface area contributed by atoms with Gasteiger partial charge in [0.05, 0.1) is 12.2 Å². The highest BCUT2D eigenvalue weighted by Gasteiger charge is 2.31. The molecule has 1 aliphatic rings. The van der Waals surface area contributed by atoms with Gasteiger partial charge in [0.15, 0.2) is 0 Å². The van der Waals surface area contributed by atoms with Gasteiger partial charge < -0.3 is 15.1 Å². The number of benzene rings is 1. The number of likely N-dealkylation sites (tertiary alicyclic amines) is 1. The highest BCUT2D eigenvalue weighted by atomic mass is 35.5. The number of β-amino-alcohol motifs (C(OH)–C–C–N with tert-alkyl or cyclic N) is 2. The summed E-state index contributed by atoms with van der Waals surface area (Å²) in [6, 6.07) is 7.47. The van der Waals surface area contributed by atoms with Gasteiger partial charge >= 0.3 is 0 Å². The predicted octanol–water partition coefficient (Wildman–Crippen LogP) is 1.39. The van der Waals surface area contributed by atoms with Crippen LogP contribution in [0.5, 0.6) is 0 Å². The summed E-state index contributed by atoms with van der Waals surface area (Å²) >= 11 is 7.38. The lowest BCUT2D eigenvalue weighted by molar-refractivity contribution is -0.130. The van der Waals surface area contributed by atoms with Crippen LogP contribution < -0.4 is 0 Å². The fraction of sp³-hybridized carbons (Fsp3) is 0.462. The van der Waals surface area contributed by atoms with Crippen LogP contribution in [0.3, 0.4) is 0 Å². The molecule has 1 fully saturated rings. The standard InChI is InChI=1S/C13H16ClNO3S/c14-9-1-3-10(4-2-9)19-6-5-13(18)15-7-11(16)12(17)8-15/h1-4,11-12,16-17H,5-8H2/t11-,12+. The Kier molecular flexibility index (Phi) is 5.10. The molecule has 4 nitrogen and oxygen atoms in total. The summed E-state index contributed by atoms with van der Waals surface area (Å²) in [5.41, 5.74) is 0. The molecule has 1 aliphatic heterocycles. The Hall–Kier alpha value is -0.750. The first-order valence-corrected chi connectivity index (χ1v) is 7.45. The minimum absolute atomic E-state index is 0.0305. The molecule has 0 saturated carbocycles. The molecule has 1 heterocycles. The zero-order valence-corrected chi connectivity index (χ0v) is 11.9. The molecule has 1 aromatic rings. The van der Waals surface area contributed by atoms with E-state index in [1.807, 2.05) is 24.3 Å². The summed E-state index contributed by atoms with van der Waals surface area (Å²) in [5.74, 6) is 0.639. The molecular formula is C13H16ClNO3S. The van der Waals surface area contributed by atoms with Crippen molar-refractivity contribution >= 4 is 29.3 Å². The maximum Gasteiger partial charge on any atom is 0.223 e. The molecule has 0 bridgehead atoms. The Bertz CT molecular complexity index is 430. The maximum atomic E-state index is 11.9. The number of halogens is 1. The zero-order chi connectivity index (χ0) is 13.8. The molecule has 0 radical (unpaired) electrons. The van der Waals surface area contributed by atoms with E-state index in [9.17, 15) is 15.0 Å². The van der Waals surface area contributed by atoms with E-state index in [0.29, 0.717) is 17.2 Å². The molecule has 0 aromatic heterocycles. The second-order valence-corrected chi connectivity index (χ2v) is 6.09. The third kappa shape index (κ3) is 4.11. The fourth-order valence-corrected chi connectivity index (χ4v) is 2.89. The molecule has 1 amide bonds. The van der Waals surface area contributed by atoms with Crippen LogP contribution in [0.1, 0.15) is 6.42 Å². The first kappa shape index (κ1) is 14.7. The van der Waals surface area contributed by atoms with Crippen LogP contribution in [0.25, 0.3) is 0 Å². The van der Waals surface area contributed by atoms with E-state index >= 15 is 0 Å². The fourth-order valence-electron chi connectivity index (χ4n) is 1.92. The van der Waals surface area contributed by atoms with Gasteiger partial charge in [0.1, 0.15) is 0 Å². The number of thioether (sulfide) groups is 1. The second-order valence-electron chi connectivity index (χ2n) is 4.49. The molecule has 0 aliphatic carbocycles. The van der Waals surface area contributed by atoms with Gasteiger partial charge in [0.2, 0.25) is 5.91 Å². The van der Waals surface area contributed by atoms with E-state index in [-0.39, 0.29) is 19.0 Å². The summed E-state index contributed by atoms with van der Waals surface area (Å²) in [5, 5.41) is 19.5. The van der Waals surface area contributed by atoms with Crippen molar-refractivity contribution in [2.24, 2.45) is 0 Å². The van der Waals surface area contributed by atoms with Gasteiger partial charge in [0.25, 0.3) is 0 Å². The van der Waals surface area contributed by atoms with Gasteiger partial charge in [-0.1, -0.05) is 11.6 Å². The van der Waals surface area contributed by atoms with Crippen LogP contribution in [-0.4, -0.2) is 52.1 Å². The normalized spacial score (nSPS) is 22.8. The summed E-state index contributed by atoms with van der Waals surface area (Å²) in [6.07, 6.45) is -1.23. The quantitative estimate of drug-likeness (QED) is 0.825. The highest BCUT2D eigenvalue weighted by molar-refractivity contribution is 7.99. The number of hydrogen-bond donors (Lipinski definition) is 2. The van der Waals surface area contributed by atoms with Gasteiger partial charge in [-0.3, -0.25) is 4.79 Å². The molecule has 0 unspecified atom stereocenters. The van der Waals surface area contributed by atoms with Crippen molar-refractivity contribution < 1.29 is 15.0 Å². The first-order chi connectivity index (χ1) is 9.06. The topological polar surface area (TPSA) is 60.8 Å². The molecule has 104 valence electrons. The molecule has 6 heteroatoms. The molecule has 2 rings (SSSR count). The van der Waals surface area contributed by atoms with Crippen molar-refractivity contribution in [2.75, 3.05) is 18.8 Å². The molecule has 19 heavy (non-hydrogen) atoms. The highest BCUT2D eigenvalue weighted by Crippen LogP contribution is 2.21. The lowest BCUT2D eigenvalue weighted by Crippen LogP contribution is -2.29. The average Bonchev–Trinajstić information content (AvgIpc) is 2.72. The number of aliphatic hydroxyl groups excluding tert-OH is 2. The van der Waals surface area contributed by atoms with Crippen LogP contribution in [0.4, 0.5) is 0 Å². The minimum atomic E-state index is -0.812.